The number of hydrogen-bond acceptors (Lipinski definition) is 5. The molecule has 0 radical (unpaired) electrons. The van der Waals surface area contributed by atoms with Crippen LogP contribution in [0.25, 0.3) is 0 Å². The average molecular weight is 315 g/mol. The van der Waals surface area contributed by atoms with Crippen molar-refractivity contribution in [1.29, 1.82) is 0 Å². The molecule has 0 atom stereocenters. The standard InChI is InChI=1S/C14H21N3O3.ClH/c1-2-15-7-9-16(10-8-15)11-12-20-14-6-4-3-5-13(14)17(18)19;/h3-6H,2,7-12H2,1H3;1H/p-1. The Morgan fingerprint density at radius 1 is 1.19 bits per heavy atom. The molecular formula is C14H21ClN3O3-. The van der Waals surface area contributed by atoms with Crippen LogP contribution >= 0.6 is 0 Å². The predicted octanol–water partition coefficient (Wildman–Crippen LogP) is -1.38. The van der Waals surface area contributed by atoms with Crippen LogP contribution in [0, 0.1) is 10.1 Å². The largest absolute Gasteiger partial charge is 1.00 e. The number of benzene rings is 1. The van der Waals surface area contributed by atoms with E-state index in [2.05, 4.69) is 16.7 Å². The van der Waals surface area contributed by atoms with Gasteiger partial charge in [0.15, 0.2) is 5.75 Å². The minimum atomic E-state index is -0.407. The number of likely N-dealkylation sites (N-methyl/N-ethyl adjacent to an activating group) is 1. The molecule has 118 valence electrons. The number of piperazine rings is 1. The van der Waals surface area contributed by atoms with E-state index in [4.69, 9.17) is 4.74 Å². The van der Waals surface area contributed by atoms with Crippen LogP contribution in [0.5, 0.6) is 5.75 Å². The lowest BCUT2D eigenvalue weighted by molar-refractivity contribution is -0.385. The van der Waals surface area contributed by atoms with Gasteiger partial charge in [-0.3, -0.25) is 15.0 Å². The molecule has 0 N–H and O–H groups in total. The Kier molecular flexibility index (Phi) is 7.42. The molecule has 1 aliphatic heterocycles. The summed E-state index contributed by atoms with van der Waals surface area (Å²) in [5.41, 5.74) is 0.0308. The maximum absolute atomic E-state index is 10.9. The molecule has 0 aliphatic carbocycles. The monoisotopic (exact) mass is 314 g/mol. The van der Waals surface area contributed by atoms with Crippen molar-refractivity contribution in [2.24, 2.45) is 0 Å². The third-order valence-corrected chi connectivity index (χ3v) is 3.64. The van der Waals surface area contributed by atoms with Gasteiger partial charge in [0.1, 0.15) is 6.61 Å². The molecule has 1 saturated heterocycles. The van der Waals surface area contributed by atoms with E-state index in [1.54, 1.807) is 18.2 Å². The fourth-order valence-corrected chi connectivity index (χ4v) is 2.34. The maximum Gasteiger partial charge on any atom is 0.310 e. The molecule has 7 heteroatoms. The van der Waals surface area contributed by atoms with Gasteiger partial charge in [-0.2, -0.15) is 0 Å². The molecule has 2 rings (SSSR count). The number of rotatable bonds is 6. The summed E-state index contributed by atoms with van der Waals surface area (Å²) in [6, 6.07) is 6.51. The van der Waals surface area contributed by atoms with Gasteiger partial charge in [-0.1, -0.05) is 19.1 Å². The van der Waals surface area contributed by atoms with Crippen molar-refractivity contribution in [2.75, 3.05) is 45.9 Å². The van der Waals surface area contributed by atoms with Crippen molar-refractivity contribution in [2.45, 2.75) is 6.92 Å². The van der Waals surface area contributed by atoms with Crippen LogP contribution in [0.15, 0.2) is 24.3 Å². The molecule has 1 aromatic rings. The van der Waals surface area contributed by atoms with E-state index in [0.29, 0.717) is 12.4 Å². The van der Waals surface area contributed by atoms with Gasteiger partial charge in [0, 0.05) is 38.8 Å². The highest BCUT2D eigenvalue weighted by Crippen LogP contribution is 2.25. The van der Waals surface area contributed by atoms with E-state index in [-0.39, 0.29) is 18.1 Å². The fraction of sp³-hybridized carbons (Fsp3) is 0.571. The highest BCUT2D eigenvalue weighted by atomic mass is 35.5. The van der Waals surface area contributed by atoms with Crippen LogP contribution in [0.3, 0.4) is 0 Å². The van der Waals surface area contributed by atoms with Crippen molar-refractivity contribution in [3.63, 3.8) is 0 Å². The molecule has 0 amide bonds. The van der Waals surface area contributed by atoms with E-state index in [1.807, 2.05) is 0 Å². The van der Waals surface area contributed by atoms with Crippen LogP contribution in [-0.2, 0) is 0 Å². The Bertz CT molecular complexity index is 451. The highest BCUT2D eigenvalue weighted by molar-refractivity contribution is 5.45. The maximum atomic E-state index is 10.9. The van der Waals surface area contributed by atoms with Crippen molar-refractivity contribution < 1.29 is 22.1 Å². The van der Waals surface area contributed by atoms with Crippen molar-refractivity contribution in [3.8, 4) is 5.75 Å². The number of para-hydroxylation sites is 2. The summed E-state index contributed by atoms with van der Waals surface area (Å²) in [7, 11) is 0. The molecule has 6 nitrogen and oxygen atoms in total. The number of hydrogen-bond donors (Lipinski definition) is 0. The normalized spacial score (nSPS) is 16.2. The minimum absolute atomic E-state index is 0. The molecular weight excluding hydrogens is 294 g/mol. The zero-order valence-corrected chi connectivity index (χ0v) is 13.0. The SMILES string of the molecule is CCN1CCN(CCOc2ccccc2[N+](=O)[O-])CC1.[Cl-]. The predicted molar refractivity (Wildman–Crippen MR) is 77.1 cm³/mol. The fourth-order valence-electron chi connectivity index (χ4n) is 2.34. The number of halogens is 1. The minimum Gasteiger partial charge on any atom is -1.00 e. The number of ether oxygens (including phenoxy) is 1. The lowest BCUT2D eigenvalue weighted by atomic mass is 10.3. The first-order valence-electron chi connectivity index (χ1n) is 7.01. The van der Waals surface area contributed by atoms with Gasteiger partial charge in [0.05, 0.1) is 4.92 Å². The van der Waals surface area contributed by atoms with Gasteiger partial charge in [0.2, 0.25) is 0 Å². The first kappa shape index (κ1) is 17.7. The zero-order chi connectivity index (χ0) is 14.4. The van der Waals surface area contributed by atoms with Crippen LogP contribution < -0.4 is 17.1 Å². The van der Waals surface area contributed by atoms with Gasteiger partial charge >= 0.3 is 5.69 Å². The van der Waals surface area contributed by atoms with E-state index in [0.717, 1.165) is 39.3 Å². The van der Waals surface area contributed by atoms with Crippen molar-refractivity contribution >= 4 is 5.69 Å². The number of nitro groups is 1. The first-order chi connectivity index (χ1) is 9.70. The lowest BCUT2D eigenvalue weighted by Crippen LogP contribution is -3.00. The Morgan fingerprint density at radius 2 is 1.81 bits per heavy atom. The molecule has 0 bridgehead atoms. The third-order valence-electron chi connectivity index (χ3n) is 3.64. The van der Waals surface area contributed by atoms with Gasteiger partial charge in [-0.15, -0.1) is 0 Å². The molecule has 1 heterocycles. The second-order valence-electron chi connectivity index (χ2n) is 4.85. The summed E-state index contributed by atoms with van der Waals surface area (Å²) in [5.74, 6) is 0.352. The number of nitrogens with zero attached hydrogens (tertiary/aromatic N) is 3. The summed E-state index contributed by atoms with van der Waals surface area (Å²) < 4.78 is 5.56. The summed E-state index contributed by atoms with van der Waals surface area (Å²) in [5, 5.41) is 10.9. The molecule has 0 unspecified atom stereocenters. The van der Waals surface area contributed by atoms with Gasteiger partial charge in [-0.25, -0.2) is 0 Å². The smallest absolute Gasteiger partial charge is 0.310 e. The topological polar surface area (TPSA) is 58.8 Å². The quantitative estimate of drug-likeness (QED) is 0.478. The summed E-state index contributed by atoms with van der Waals surface area (Å²) >= 11 is 0. The molecule has 0 spiro atoms. The van der Waals surface area contributed by atoms with Gasteiger partial charge < -0.3 is 22.0 Å². The molecule has 0 saturated carbocycles. The first-order valence-corrected chi connectivity index (χ1v) is 7.01. The van der Waals surface area contributed by atoms with Gasteiger partial charge in [-0.05, 0) is 12.6 Å². The van der Waals surface area contributed by atoms with E-state index >= 15 is 0 Å². The Hall–Kier alpha value is -1.37. The van der Waals surface area contributed by atoms with Crippen LogP contribution in [0.2, 0.25) is 0 Å². The van der Waals surface area contributed by atoms with Gasteiger partial charge in [0.25, 0.3) is 0 Å². The third kappa shape index (κ3) is 5.15. The Labute approximate surface area is 131 Å². The van der Waals surface area contributed by atoms with E-state index < -0.39 is 4.92 Å². The highest BCUT2D eigenvalue weighted by Gasteiger charge is 2.16. The lowest BCUT2D eigenvalue weighted by Gasteiger charge is -2.33. The Balaban J connectivity index is 0.00000220. The molecule has 1 aromatic carbocycles. The van der Waals surface area contributed by atoms with Crippen LogP contribution in [-0.4, -0.2) is 60.6 Å². The average Bonchev–Trinajstić information content (AvgIpc) is 2.48. The number of nitro benzene ring substituents is 1. The van der Waals surface area contributed by atoms with Crippen LogP contribution in [0.1, 0.15) is 6.92 Å². The zero-order valence-electron chi connectivity index (χ0n) is 12.2. The Morgan fingerprint density at radius 3 is 2.43 bits per heavy atom. The molecule has 1 aliphatic rings. The molecule has 1 fully saturated rings. The van der Waals surface area contributed by atoms with E-state index in [1.165, 1.54) is 6.07 Å². The second-order valence-corrected chi connectivity index (χ2v) is 4.85. The van der Waals surface area contributed by atoms with E-state index in [9.17, 15) is 10.1 Å². The molecule has 21 heavy (non-hydrogen) atoms. The second kappa shape index (κ2) is 8.81. The van der Waals surface area contributed by atoms with Crippen molar-refractivity contribution in [3.05, 3.63) is 34.4 Å². The summed E-state index contributed by atoms with van der Waals surface area (Å²) in [6.07, 6.45) is 0. The molecule has 0 aromatic heterocycles. The van der Waals surface area contributed by atoms with Crippen LogP contribution in [0.4, 0.5) is 5.69 Å². The summed E-state index contributed by atoms with van der Waals surface area (Å²) in [6.45, 7) is 8.81. The summed E-state index contributed by atoms with van der Waals surface area (Å²) in [4.78, 5) is 15.2. The van der Waals surface area contributed by atoms with Crippen molar-refractivity contribution in [1.82, 2.24) is 9.80 Å².